The summed E-state index contributed by atoms with van der Waals surface area (Å²) >= 11 is 18.4. The number of hydrogen-bond donors (Lipinski definition) is 2. The molecule has 31 heavy (non-hydrogen) atoms. The lowest BCUT2D eigenvalue weighted by atomic mass is 10.00. The second-order valence-corrected chi connectivity index (χ2v) is 7.92. The number of aromatic nitrogens is 2. The standard InChI is InChI=1S/C23H16Cl3N3O2/c24-14-6-4-13(5-7-14)17-11-28-23(27)29-22(17)16-9-8-15(10-21(16)30)31-12-18-19(25)2-1-3-20(18)26/h1-11,30H,12H2,(H2,27,28,29). The third-order valence-electron chi connectivity index (χ3n) is 4.63. The number of benzene rings is 3. The molecule has 4 rings (SSSR count). The zero-order valence-electron chi connectivity index (χ0n) is 16.0. The van der Waals surface area contributed by atoms with Crippen LogP contribution in [0.3, 0.4) is 0 Å². The maximum absolute atomic E-state index is 10.7. The number of nitrogens with two attached hydrogens (primary N) is 1. The Morgan fingerprint density at radius 1 is 0.903 bits per heavy atom. The molecule has 0 aliphatic heterocycles. The van der Waals surface area contributed by atoms with Crippen LogP contribution in [-0.2, 0) is 6.61 Å². The molecule has 1 heterocycles. The van der Waals surface area contributed by atoms with E-state index in [1.54, 1.807) is 48.7 Å². The lowest BCUT2D eigenvalue weighted by Crippen LogP contribution is -2.00. The third-order valence-corrected chi connectivity index (χ3v) is 5.59. The Hall–Kier alpha value is -2.99. The fraction of sp³-hybridized carbons (Fsp3) is 0.0435. The molecule has 0 fully saturated rings. The van der Waals surface area contributed by atoms with Gasteiger partial charge in [-0.3, -0.25) is 0 Å². The Balaban J connectivity index is 1.66. The van der Waals surface area contributed by atoms with Crippen molar-refractivity contribution in [2.24, 2.45) is 0 Å². The van der Waals surface area contributed by atoms with Crippen LogP contribution < -0.4 is 10.5 Å². The Kier molecular flexibility index (Phi) is 6.18. The molecule has 0 amide bonds. The molecule has 3 N–H and O–H groups in total. The molecule has 3 aromatic carbocycles. The molecule has 4 aromatic rings. The average molecular weight is 473 g/mol. The summed E-state index contributed by atoms with van der Waals surface area (Å²) in [7, 11) is 0. The average Bonchev–Trinajstić information content (AvgIpc) is 2.74. The number of nitrogens with zero attached hydrogens (tertiary/aromatic N) is 2. The van der Waals surface area contributed by atoms with E-state index >= 15 is 0 Å². The van der Waals surface area contributed by atoms with Gasteiger partial charge in [-0.1, -0.05) is 53.0 Å². The van der Waals surface area contributed by atoms with Gasteiger partial charge in [0.1, 0.15) is 18.1 Å². The van der Waals surface area contributed by atoms with Gasteiger partial charge in [-0.2, -0.15) is 0 Å². The van der Waals surface area contributed by atoms with Gasteiger partial charge in [-0.15, -0.1) is 0 Å². The predicted octanol–water partition coefficient (Wildman–Crippen LogP) is 6.64. The first-order chi connectivity index (χ1) is 14.9. The highest BCUT2D eigenvalue weighted by molar-refractivity contribution is 6.36. The predicted molar refractivity (Wildman–Crippen MR) is 125 cm³/mol. The molecule has 0 saturated heterocycles. The Morgan fingerprint density at radius 2 is 1.61 bits per heavy atom. The van der Waals surface area contributed by atoms with Gasteiger partial charge in [0.25, 0.3) is 0 Å². The molecule has 0 aliphatic carbocycles. The lowest BCUT2D eigenvalue weighted by molar-refractivity contribution is 0.304. The van der Waals surface area contributed by atoms with Crippen LogP contribution in [-0.4, -0.2) is 15.1 Å². The highest BCUT2D eigenvalue weighted by Crippen LogP contribution is 2.38. The topological polar surface area (TPSA) is 81.3 Å². The van der Waals surface area contributed by atoms with Gasteiger partial charge < -0.3 is 15.6 Å². The highest BCUT2D eigenvalue weighted by atomic mass is 35.5. The first-order valence-corrected chi connectivity index (χ1v) is 10.3. The van der Waals surface area contributed by atoms with Gasteiger partial charge in [0.05, 0.1) is 5.69 Å². The number of phenols is 1. The quantitative estimate of drug-likeness (QED) is 0.340. The number of phenolic OH excluding ortho intramolecular Hbond substituents is 1. The van der Waals surface area contributed by atoms with E-state index < -0.39 is 0 Å². The monoisotopic (exact) mass is 471 g/mol. The van der Waals surface area contributed by atoms with Crippen molar-refractivity contribution in [3.8, 4) is 33.9 Å². The molecule has 0 bridgehead atoms. The number of ether oxygens (including phenoxy) is 1. The Morgan fingerprint density at radius 3 is 2.29 bits per heavy atom. The minimum atomic E-state index is -0.0175. The van der Waals surface area contributed by atoms with Crippen molar-refractivity contribution in [3.05, 3.63) is 87.5 Å². The SMILES string of the molecule is Nc1ncc(-c2ccc(Cl)cc2)c(-c2ccc(OCc3c(Cl)cccc3Cl)cc2O)n1. The van der Waals surface area contributed by atoms with E-state index in [0.29, 0.717) is 43.2 Å². The van der Waals surface area contributed by atoms with Gasteiger partial charge >= 0.3 is 0 Å². The van der Waals surface area contributed by atoms with Crippen molar-refractivity contribution >= 4 is 40.8 Å². The van der Waals surface area contributed by atoms with Crippen molar-refractivity contribution in [2.75, 3.05) is 5.73 Å². The van der Waals surface area contributed by atoms with E-state index in [-0.39, 0.29) is 18.3 Å². The summed E-state index contributed by atoms with van der Waals surface area (Å²) in [4.78, 5) is 8.44. The summed E-state index contributed by atoms with van der Waals surface area (Å²) in [5, 5.41) is 12.3. The fourth-order valence-electron chi connectivity index (χ4n) is 3.07. The summed E-state index contributed by atoms with van der Waals surface area (Å²) in [5.41, 5.74) is 9.01. The van der Waals surface area contributed by atoms with Crippen LogP contribution in [0.5, 0.6) is 11.5 Å². The molecule has 0 unspecified atom stereocenters. The van der Waals surface area contributed by atoms with Crippen molar-refractivity contribution in [3.63, 3.8) is 0 Å². The van der Waals surface area contributed by atoms with E-state index in [9.17, 15) is 5.11 Å². The van der Waals surface area contributed by atoms with Crippen molar-refractivity contribution < 1.29 is 9.84 Å². The molecular formula is C23H16Cl3N3O2. The van der Waals surface area contributed by atoms with Gasteiger partial charge in [0.15, 0.2) is 0 Å². The summed E-state index contributed by atoms with van der Waals surface area (Å²) < 4.78 is 5.78. The van der Waals surface area contributed by atoms with Gasteiger partial charge in [-0.25, -0.2) is 9.97 Å². The van der Waals surface area contributed by atoms with E-state index in [1.165, 1.54) is 6.07 Å². The van der Waals surface area contributed by atoms with E-state index in [2.05, 4.69) is 9.97 Å². The second-order valence-electron chi connectivity index (χ2n) is 6.67. The molecule has 1 aromatic heterocycles. The molecule has 0 atom stereocenters. The van der Waals surface area contributed by atoms with Crippen molar-refractivity contribution in [1.82, 2.24) is 9.97 Å². The molecule has 0 aliphatic rings. The fourth-order valence-corrected chi connectivity index (χ4v) is 3.70. The molecule has 156 valence electrons. The zero-order chi connectivity index (χ0) is 22.0. The minimum absolute atomic E-state index is 0.0175. The van der Waals surface area contributed by atoms with E-state index in [0.717, 1.165) is 5.56 Å². The van der Waals surface area contributed by atoms with Gasteiger partial charge in [-0.05, 0) is 42.0 Å². The summed E-state index contributed by atoms with van der Waals surface area (Å²) in [6.07, 6.45) is 1.62. The molecule has 0 saturated carbocycles. The number of halogens is 3. The largest absolute Gasteiger partial charge is 0.507 e. The van der Waals surface area contributed by atoms with Crippen LogP contribution in [0.4, 0.5) is 5.95 Å². The Labute approximate surface area is 194 Å². The zero-order valence-corrected chi connectivity index (χ0v) is 18.3. The molecule has 0 spiro atoms. The molecule has 0 radical (unpaired) electrons. The first kappa shape index (κ1) is 21.2. The third kappa shape index (κ3) is 4.69. The summed E-state index contributed by atoms with van der Waals surface area (Å²) in [6, 6.07) is 17.4. The number of aromatic hydroxyl groups is 1. The van der Waals surface area contributed by atoms with Crippen LogP contribution in [0.15, 0.2) is 66.9 Å². The van der Waals surface area contributed by atoms with Crippen LogP contribution in [0.25, 0.3) is 22.4 Å². The summed E-state index contributed by atoms with van der Waals surface area (Å²) in [6.45, 7) is 0.160. The van der Waals surface area contributed by atoms with Crippen LogP contribution in [0.1, 0.15) is 5.56 Å². The van der Waals surface area contributed by atoms with Crippen LogP contribution in [0, 0.1) is 0 Å². The number of nitrogen functional groups attached to an aromatic ring is 1. The van der Waals surface area contributed by atoms with E-state index in [1.807, 2.05) is 12.1 Å². The maximum Gasteiger partial charge on any atom is 0.220 e. The summed E-state index contributed by atoms with van der Waals surface area (Å²) in [5.74, 6) is 0.532. The van der Waals surface area contributed by atoms with Gasteiger partial charge in [0.2, 0.25) is 5.95 Å². The van der Waals surface area contributed by atoms with Crippen LogP contribution >= 0.6 is 34.8 Å². The lowest BCUT2D eigenvalue weighted by Gasteiger charge is -2.13. The van der Waals surface area contributed by atoms with E-state index in [4.69, 9.17) is 45.3 Å². The normalized spacial score (nSPS) is 10.8. The van der Waals surface area contributed by atoms with Crippen molar-refractivity contribution in [1.29, 1.82) is 0 Å². The Bertz CT molecular complexity index is 1230. The second kappa shape index (κ2) is 9.02. The minimum Gasteiger partial charge on any atom is -0.507 e. The molecule has 5 nitrogen and oxygen atoms in total. The first-order valence-electron chi connectivity index (χ1n) is 9.20. The highest BCUT2D eigenvalue weighted by Gasteiger charge is 2.15. The van der Waals surface area contributed by atoms with Gasteiger partial charge in [0, 0.05) is 44.0 Å². The number of hydrogen-bond acceptors (Lipinski definition) is 5. The molecule has 8 heteroatoms. The molecular weight excluding hydrogens is 457 g/mol. The maximum atomic E-state index is 10.7. The smallest absolute Gasteiger partial charge is 0.220 e. The van der Waals surface area contributed by atoms with Crippen LogP contribution in [0.2, 0.25) is 15.1 Å². The van der Waals surface area contributed by atoms with Crippen molar-refractivity contribution in [2.45, 2.75) is 6.61 Å². The number of anilines is 1. The number of rotatable bonds is 5.